The van der Waals surface area contributed by atoms with Gasteiger partial charge in [-0.25, -0.2) is 4.39 Å². The molecule has 1 heterocycles. The van der Waals surface area contributed by atoms with Crippen molar-refractivity contribution < 1.29 is 13.9 Å². The lowest BCUT2D eigenvalue weighted by Gasteiger charge is -2.39. The predicted octanol–water partition coefficient (Wildman–Crippen LogP) is 8.23. The second-order valence-electron chi connectivity index (χ2n) is 13.2. The number of rotatable bonds is 7. The number of aromatic nitrogens is 2. The van der Waals surface area contributed by atoms with E-state index >= 15 is 0 Å². The second kappa shape index (κ2) is 10.3. The molecule has 0 aliphatic heterocycles. The molecule has 4 atom stereocenters. The quantitative estimate of drug-likeness (QED) is 0.243. The Hall–Kier alpha value is -3.67. The van der Waals surface area contributed by atoms with Gasteiger partial charge in [-0.3, -0.25) is 9.89 Å². The fraction of sp³-hybridized carbons (Fsp3) is 0.429. The Kier molecular flexibility index (Phi) is 6.60. The van der Waals surface area contributed by atoms with E-state index in [-0.39, 0.29) is 29.8 Å². The van der Waals surface area contributed by atoms with Crippen molar-refractivity contribution in [3.05, 3.63) is 83.7 Å². The Morgan fingerprint density at radius 2 is 1.83 bits per heavy atom. The molecule has 0 radical (unpaired) electrons. The standard InChI is InChI=1S/C35H38FN3O2/c1-35(2)20-21-7-13-25(35)19-27(17-21)41-26-14-10-23(11-15-26)33-29-18-24(12-16-31(29)38-39-33)34(40)37-32(22-8-9-22)28-5-3-4-6-30(28)36/h3-6,10-12,14-16,18,21-22,25,27,32H,7-9,13,17,19-20H2,1-2H3,(H,37,40)(H,38,39). The van der Waals surface area contributed by atoms with Crippen molar-refractivity contribution in [2.24, 2.45) is 23.2 Å². The number of nitrogens with zero attached hydrogens (tertiary/aromatic N) is 1. The molecule has 4 aliphatic carbocycles. The van der Waals surface area contributed by atoms with Crippen LogP contribution in [0.4, 0.5) is 4.39 Å². The maximum Gasteiger partial charge on any atom is 0.251 e. The van der Waals surface area contributed by atoms with E-state index in [0.29, 0.717) is 16.5 Å². The minimum Gasteiger partial charge on any atom is -0.490 e. The summed E-state index contributed by atoms with van der Waals surface area (Å²) in [6, 6.07) is 20.1. The summed E-state index contributed by atoms with van der Waals surface area (Å²) < 4.78 is 21.1. The van der Waals surface area contributed by atoms with Gasteiger partial charge in [0.25, 0.3) is 5.91 Å². The summed E-state index contributed by atoms with van der Waals surface area (Å²) in [4.78, 5) is 13.4. The van der Waals surface area contributed by atoms with Crippen LogP contribution in [0.5, 0.6) is 5.75 Å². The number of carbonyl (C=O) groups is 1. The Labute approximate surface area is 240 Å². The van der Waals surface area contributed by atoms with Gasteiger partial charge >= 0.3 is 0 Å². The van der Waals surface area contributed by atoms with Gasteiger partial charge in [0.2, 0.25) is 0 Å². The fourth-order valence-electron chi connectivity index (χ4n) is 7.45. The first kappa shape index (κ1) is 26.2. The molecule has 2 N–H and O–H groups in total. The Morgan fingerprint density at radius 1 is 1.02 bits per heavy atom. The normalized spacial score (nSPS) is 24.1. The number of benzene rings is 3. The first-order chi connectivity index (χ1) is 19.8. The second-order valence-corrected chi connectivity index (χ2v) is 13.2. The largest absolute Gasteiger partial charge is 0.490 e. The summed E-state index contributed by atoms with van der Waals surface area (Å²) in [5.41, 5.74) is 4.12. The van der Waals surface area contributed by atoms with Gasteiger partial charge < -0.3 is 10.1 Å². The van der Waals surface area contributed by atoms with Gasteiger partial charge in [-0.1, -0.05) is 38.5 Å². The first-order valence-electron chi connectivity index (χ1n) is 15.1. The Morgan fingerprint density at radius 3 is 2.59 bits per heavy atom. The number of carbonyl (C=O) groups excluding carboxylic acids is 1. The zero-order valence-corrected chi connectivity index (χ0v) is 23.8. The van der Waals surface area contributed by atoms with Crippen molar-refractivity contribution in [2.75, 3.05) is 0 Å². The number of fused-ring (bicyclic) bond motifs is 5. The number of ether oxygens (including phenoxy) is 1. The number of amides is 1. The summed E-state index contributed by atoms with van der Waals surface area (Å²) in [5, 5.41) is 11.7. The van der Waals surface area contributed by atoms with Crippen LogP contribution in [0.1, 0.15) is 80.8 Å². The molecule has 4 unspecified atom stereocenters. The Bertz CT molecular complexity index is 1570. The molecule has 4 aliphatic rings. The van der Waals surface area contributed by atoms with E-state index in [4.69, 9.17) is 4.74 Å². The monoisotopic (exact) mass is 551 g/mol. The van der Waals surface area contributed by atoms with Crippen LogP contribution in [0.3, 0.4) is 0 Å². The number of H-pyrrole nitrogens is 1. The third-order valence-electron chi connectivity index (χ3n) is 9.86. The van der Waals surface area contributed by atoms with E-state index in [0.717, 1.165) is 65.4 Å². The smallest absolute Gasteiger partial charge is 0.251 e. The molecule has 3 aromatic carbocycles. The molecule has 4 saturated carbocycles. The van der Waals surface area contributed by atoms with E-state index in [1.165, 1.54) is 25.3 Å². The average molecular weight is 552 g/mol. The van der Waals surface area contributed by atoms with Crippen molar-refractivity contribution >= 4 is 16.8 Å². The lowest BCUT2D eigenvalue weighted by Crippen LogP contribution is -2.30. The van der Waals surface area contributed by atoms with E-state index in [1.54, 1.807) is 18.2 Å². The van der Waals surface area contributed by atoms with Gasteiger partial charge in [-0.15, -0.1) is 0 Å². The third-order valence-corrected chi connectivity index (χ3v) is 9.86. The highest BCUT2D eigenvalue weighted by Gasteiger charge is 2.42. The highest BCUT2D eigenvalue weighted by Crippen LogP contribution is 2.50. The summed E-state index contributed by atoms with van der Waals surface area (Å²) in [7, 11) is 0. The summed E-state index contributed by atoms with van der Waals surface area (Å²) >= 11 is 0. The van der Waals surface area contributed by atoms with Crippen LogP contribution in [0.2, 0.25) is 0 Å². The molecule has 41 heavy (non-hydrogen) atoms. The molecular weight excluding hydrogens is 513 g/mol. The van der Waals surface area contributed by atoms with E-state index in [1.807, 2.05) is 42.5 Å². The topological polar surface area (TPSA) is 67.0 Å². The maximum absolute atomic E-state index is 14.6. The highest BCUT2D eigenvalue weighted by molar-refractivity contribution is 6.01. The molecule has 6 heteroatoms. The molecule has 212 valence electrons. The van der Waals surface area contributed by atoms with Crippen LogP contribution >= 0.6 is 0 Å². The van der Waals surface area contributed by atoms with Gasteiger partial charge in [0.1, 0.15) is 11.6 Å². The molecule has 8 rings (SSSR count). The minimum atomic E-state index is -0.328. The average Bonchev–Trinajstić information content (AvgIpc) is 3.76. The number of hydrogen-bond donors (Lipinski definition) is 2. The summed E-state index contributed by atoms with van der Waals surface area (Å²) in [6.45, 7) is 4.86. The van der Waals surface area contributed by atoms with Crippen molar-refractivity contribution in [2.45, 2.75) is 70.9 Å². The van der Waals surface area contributed by atoms with E-state index < -0.39 is 0 Å². The molecule has 2 bridgehead atoms. The Balaban J connectivity index is 1.09. The van der Waals surface area contributed by atoms with Gasteiger partial charge in [0.15, 0.2) is 0 Å². The number of aromatic amines is 1. The number of hydrogen-bond acceptors (Lipinski definition) is 3. The van der Waals surface area contributed by atoms with Crippen molar-refractivity contribution in [1.82, 2.24) is 15.5 Å². The summed E-state index contributed by atoms with van der Waals surface area (Å²) in [6.07, 6.45) is 8.52. The minimum absolute atomic E-state index is 0.205. The third kappa shape index (κ3) is 5.25. The van der Waals surface area contributed by atoms with Gasteiger partial charge in [-0.05, 0) is 110 Å². The van der Waals surface area contributed by atoms with Crippen LogP contribution in [0, 0.1) is 29.0 Å². The molecule has 1 amide bonds. The molecule has 0 spiro atoms. The molecule has 5 nitrogen and oxygen atoms in total. The number of nitrogens with one attached hydrogen (secondary N) is 2. The van der Waals surface area contributed by atoms with E-state index in [2.05, 4.69) is 29.4 Å². The molecule has 0 saturated heterocycles. The maximum atomic E-state index is 14.6. The van der Waals surface area contributed by atoms with Crippen LogP contribution in [-0.4, -0.2) is 22.2 Å². The lowest BCUT2D eigenvalue weighted by atomic mass is 9.66. The van der Waals surface area contributed by atoms with Gasteiger partial charge in [0.05, 0.1) is 23.4 Å². The zero-order valence-electron chi connectivity index (χ0n) is 23.8. The van der Waals surface area contributed by atoms with Gasteiger partial charge in [0, 0.05) is 22.1 Å². The zero-order chi connectivity index (χ0) is 28.1. The van der Waals surface area contributed by atoms with Crippen LogP contribution in [-0.2, 0) is 0 Å². The number of halogens is 1. The van der Waals surface area contributed by atoms with E-state index in [9.17, 15) is 9.18 Å². The van der Waals surface area contributed by atoms with Crippen LogP contribution in [0.15, 0.2) is 66.7 Å². The molecular formula is C35H38FN3O2. The fourth-order valence-corrected chi connectivity index (χ4v) is 7.45. The van der Waals surface area contributed by atoms with Crippen molar-refractivity contribution in [3.63, 3.8) is 0 Å². The predicted molar refractivity (Wildman–Crippen MR) is 159 cm³/mol. The molecule has 1 aromatic heterocycles. The van der Waals surface area contributed by atoms with Crippen molar-refractivity contribution in [3.8, 4) is 17.0 Å². The summed E-state index contributed by atoms with van der Waals surface area (Å²) in [5.74, 6) is 2.18. The first-order valence-corrected chi connectivity index (χ1v) is 15.1. The SMILES string of the molecule is CC1(C)CC2CCC1CC(Oc1ccc(-c3n[nH]c4ccc(C(=O)NC(c5ccccc5F)C5CC5)cc34)cc1)C2. The highest BCUT2D eigenvalue weighted by atomic mass is 19.1. The van der Waals surface area contributed by atoms with Crippen molar-refractivity contribution in [1.29, 1.82) is 0 Å². The van der Waals surface area contributed by atoms with Crippen LogP contribution in [0.25, 0.3) is 22.2 Å². The molecule has 4 fully saturated rings. The lowest BCUT2D eigenvalue weighted by molar-refractivity contribution is 0.0931. The van der Waals surface area contributed by atoms with Crippen LogP contribution < -0.4 is 10.1 Å². The van der Waals surface area contributed by atoms with Gasteiger partial charge in [-0.2, -0.15) is 5.10 Å². The molecule has 4 aromatic rings.